The molecule has 3 rings (SSSR count). The molecule has 3 aromatic rings. The van der Waals surface area contributed by atoms with Gasteiger partial charge in [-0.3, -0.25) is 0 Å². The largest absolute Gasteiger partial charge is 0.489 e. The molecule has 1 heterocycles. The summed E-state index contributed by atoms with van der Waals surface area (Å²) >= 11 is 5.77. The summed E-state index contributed by atoms with van der Waals surface area (Å²) in [6.07, 6.45) is 0. The zero-order chi connectivity index (χ0) is 18.5. The van der Waals surface area contributed by atoms with Gasteiger partial charge in [0.2, 0.25) is 0 Å². The first-order valence-electron chi connectivity index (χ1n) is 7.84. The van der Waals surface area contributed by atoms with E-state index in [1.165, 1.54) is 6.07 Å². The molecule has 0 saturated heterocycles. The molecule has 0 aliphatic carbocycles. The van der Waals surface area contributed by atoms with E-state index in [1.54, 1.807) is 43.3 Å². The number of halogens is 2. The number of H-pyrrole nitrogens is 1. The highest BCUT2D eigenvalue weighted by molar-refractivity contribution is 6.30. The first-order chi connectivity index (χ1) is 12.6. The third-order valence-corrected chi connectivity index (χ3v) is 3.84. The molecule has 0 saturated carbocycles. The Balaban J connectivity index is 1.80. The van der Waals surface area contributed by atoms with Gasteiger partial charge in [-0.05, 0) is 25.1 Å². The number of carbonyl (C=O) groups excluding carboxylic acids is 1. The van der Waals surface area contributed by atoms with Crippen molar-refractivity contribution in [2.45, 2.75) is 13.5 Å². The number of aromatic nitrogens is 3. The molecule has 0 bridgehead atoms. The molecule has 0 amide bonds. The first kappa shape index (κ1) is 17.9. The normalized spacial score (nSPS) is 10.6. The van der Waals surface area contributed by atoms with Gasteiger partial charge in [0.05, 0.1) is 11.6 Å². The van der Waals surface area contributed by atoms with Gasteiger partial charge in [0.25, 0.3) is 0 Å². The van der Waals surface area contributed by atoms with Crippen molar-refractivity contribution < 1.29 is 18.7 Å². The SMILES string of the molecule is CCOC(=O)c1n[nH]nc1-c1cccc(OCc2cccc(Cl)c2F)c1. The standard InChI is InChI=1S/C18H15ClFN3O3/c1-2-25-18(24)17-16(21-23-22-17)11-5-3-7-13(9-11)26-10-12-6-4-8-14(19)15(12)20/h3-9H,2,10H2,1H3,(H,21,22,23). The van der Waals surface area contributed by atoms with Gasteiger partial charge >= 0.3 is 5.97 Å². The fourth-order valence-electron chi connectivity index (χ4n) is 2.33. The Hall–Kier alpha value is -2.93. The molecule has 0 aliphatic rings. The van der Waals surface area contributed by atoms with Crippen LogP contribution in [0.1, 0.15) is 23.0 Å². The lowest BCUT2D eigenvalue weighted by atomic mass is 10.1. The predicted molar refractivity (Wildman–Crippen MR) is 93.5 cm³/mol. The molecule has 2 aromatic carbocycles. The second-order valence-corrected chi connectivity index (χ2v) is 5.68. The van der Waals surface area contributed by atoms with Crippen LogP contribution in [0.25, 0.3) is 11.3 Å². The number of nitrogens with zero attached hydrogens (tertiary/aromatic N) is 2. The zero-order valence-corrected chi connectivity index (χ0v) is 14.6. The van der Waals surface area contributed by atoms with E-state index in [9.17, 15) is 9.18 Å². The van der Waals surface area contributed by atoms with Crippen LogP contribution in [0.2, 0.25) is 5.02 Å². The minimum atomic E-state index is -0.566. The van der Waals surface area contributed by atoms with Crippen molar-refractivity contribution in [1.82, 2.24) is 15.4 Å². The summed E-state index contributed by atoms with van der Waals surface area (Å²) < 4.78 is 24.5. The van der Waals surface area contributed by atoms with Crippen molar-refractivity contribution in [2.24, 2.45) is 0 Å². The van der Waals surface area contributed by atoms with E-state index < -0.39 is 11.8 Å². The number of rotatable bonds is 6. The van der Waals surface area contributed by atoms with E-state index in [4.69, 9.17) is 21.1 Å². The fraction of sp³-hybridized carbons (Fsp3) is 0.167. The summed E-state index contributed by atoms with van der Waals surface area (Å²) in [5.74, 6) is -0.588. The molecule has 1 N–H and O–H groups in total. The summed E-state index contributed by atoms with van der Waals surface area (Å²) in [6.45, 7) is 1.96. The Kier molecular flexibility index (Phi) is 5.48. The van der Waals surface area contributed by atoms with Crippen molar-refractivity contribution in [3.05, 3.63) is 64.6 Å². The van der Waals surface area contributed by atoms with Crippen LogP contribution in [-0.2, 0) is 11.3 Å². The van der Waals surface area contributed by atoms with E-state index in [0.717, 1.165) is 0 Å². The van der Waals surface area contributed by atoms with Crippen LogP contribution in [-0.4, -0.2) is 28.0 Å². The number of benzene rings is 2. The highest BCUT2D eigenvalue weighted by atomic mass is 35.5. The van der Waals surface area contributed by atoms with E-state index in [2.05, 4.69) is 15.4 Å². The van der Waals surface area contributed by atoms with Crippen molar-refractivity contribution in [2.75, 3.05) is 6.61 Å². The Morgan fingerprint density at radius 2 is 2.04 bits per heavy atom. The maximum absolute atomic E-state index is 13.9. The minimum absolute atomic E-state index is 0.0133. The summed E-state index contributed by atoms with van der Waals surface area (Å²) in [5.41, 5.74) is 1.40. The number of nitrogens with one attached hydrogen (secondary N) is 1. The lowest BCUT2D eigenvalue weighted by molar-refractivity contribution is 0.0520. The van der Waals surface area contributed by atoms with Crippen LogP contribution < -0.4 is 4.74 Å². The van der Waals surface area contributed by atoms with E-state index in [-0.39, 0.29) is 23.9 Å². The highest BCUT2D eigenvalue weighted by Crippen LogP contribution is 2.26. The minimum Gasteiger partial charge on any atom is -0.489 e. The topological polar surface area (TPSA) is 77.1 Å². The molecular weight excluding hydrogens is 361 g/mol. The number of aromatic amines is 1. The molecule has 8 heteroatoms. The van der Waals surface area contributed by atoms with Gasteiger partial charge in [-0.2, -0.15) is 10.3 Å². The smallest absolute Gasteiger partial charge is 0.361 e. The number of hydrogen-bond donors (Lipinski definition) is 1. The maximum Gasteiger partial charge on any atom is 0.361 e. The molecule has 0 atom stereocenters. The van der Waals surface area contributed by atoms with Gasteiger partial charge in [-0.25, -0.2) is 9.18 Å². The molecule has 0 radical (unpaired) electrons. The Morgan fingerprint density at radius 3 is 2.85 bits per heavy atom. The van der Waals surface area contributed by atoms with Gasteiger partial charge < -0.3 is 9.47 Å². The van der Waals surface area contributed by atoms with Crippen LogP contribution in [0, 0.1) is 5.82 Å². The quantitative estimate of drug-likeness (QED) is 0.658. The average molecular weight is 376 g/mol. The Labute approximate surface area is 153 Å². The molecule has 0 unspecified atom stereocenters. The number of hydrogen-bond acceptors (Lipinski definition) is 5. The van der Waals surface area contributed by atoms with Gasteiger partial charge in [0, 0.05) is 11.1 Å². The third-order valence-electron chi connectivity index (χ3n) is 3.55. The average Bonchev–Trinajstić information content (AvgIpc) is 3.13. The molecule has 0 fully saturated rings. The molecule has 0 aliphatic heterocycles. The van der Waals surface area contributed by atoms with E-state index >= 15 is 0 Å². The zero-order valence-electron chi connectivity index (χ0n) is 13.8. The van der Waals surface area contributed by atoms with Gasteiger partial charge in [-0.15, -0.1) is 5.10 Å². The van der Waals surface area contributed by atoms with Crippen LogP contribution >= 0.6 is 11.6 Å². The lowest BCUT2D eigenvalue weighted by Crippen LogP contribution is -2.06. The van der Waals surface area contributed by atoms with Crippen molar-refractivity contribution in [3.8, 4) is 17.0 Å². The third kappa shape index (κ3) is 3.83. The number of ether oxygens (including phenoxy) is 2. The summed E-state index contributed by atoms with van der Waals surface area (Å²) in [7, 11) is 0. The van der Waals surface area contributed by atoms with Crippen molar-refractivity contribution in [1.29, 1.82) is 0 Å². The van der Waals surface area contributed by atoms with Crippen LogP contribution in [0.15, 0.2) is 42.5 Å². The first-order valence-corrected chi connectivity index (χ1v) is 8.22. The van der Waals surface area contributed by atoms with Gasteiger partial charge in [0.15, 0.2) is 5.69 Å². The Bertz CT molecular complexity index is 930. The molecular formula is C18H15ClFN3O3. The van der Waals surface area contributed by atoms with Gasteiger partial charge in [0.1, 0.15) is 23.9 Å². The Morgan fingerprint density at radius 1 is 1.23 bits per heavy atom. The summed E-state index contributed by atoms with van der Waals surface area (Å²) in [4.78, 5) is 11.9. The van der Waals surface area contributed by atoms with Crippen molar-refractivity contribution >= 4 is 17.6 Å². The number of esters is 1. The second kappa shape index (κ2) is 7.97. The van der Waals surface area contributed by atoms with Crippen LogP contribution in [0.5, 0.6) is 5.75 Å². The maximum atomic E-state index is 13.9. The molecule has 134 valence electrons. The molecule has 1 aromatic heterocycles. The second-order valence-electron chi connectivity index (χ2n) is 5.27. The monoisotopic (exact) mass is 375 g/mol. The molecule has 0 spiro atoms. The molecule has 6 nitrogen and oxygen atoms in total. The van der Waals surface area contributed by atoms with E-state index in [0.29, 0.717) is 22.6 Å². The highest BCUT2D eigenvalue weighted by Gasteiger charge is 2.19. The lowest BCUT2D eigenvalue weighted by Gasteiger charge is -2.09. The fourth-order valence-corrected chi connectivity index (χ4v) is 2.52. The van der Waals surface area contributed by atoms with Gasteiger partial charge in [-0.1, -0.05) is 35.9 Å². The molecule has 26 heavy (non-hydrogen) atoms. The van der Waals surface area contributed by atoms with Crippen LogP contribution in [0.3, 0.4) is 0 Å². The predicted octanol–water partition coefficient (Wildman–Crippen LogP) is 4.02. The van der Waals surface area contributed by atoms with Crippen molar-refractivity contribution in [3.63, 3.8) is 0 Å². The van der Waals surface area contributed by atoms with Crippen LogP contribution in [0.4, 0.5) is 4.39 Å². The number of carbonyl (C=O) groups is 1. The summed E-state index contributed by atoms with van der Waals surface area (Å²) in [5, 5.41) is 10.3. The van der Waals surface area contributed by atoms with E-state index in [1.807, 2.05) is 0 Å². The summed E-state index contributed by atoms with van der Waals surface area (Å²) in [6, 6.07) is 11.6.